The van der Waals surface area contributed by atoms with Crippen LogP contribution in [0, 0.1) is 18.8 Å². The summed E-state index contributed by atoms with van der Waals surface area (Å²) in [7, 11) is 0. The lowest BCUT2D eigenvalue weighted by atomic mass is 9.76. The van der Waals surface area contributed by atoms with Gasteiger partial charge in [-0.25, -0.2) is 4.98 Å². The van der Waals surface area contributed by atoms with Gasteiger partial charge in [0.15, 0.2) is 0 Å². The molecule has 2 aromatic rings. The van der Waals surface area contributed by atoms with Crippen LogP contribution in [0.4, 0.5) is 0 Å². The molecule has 1 aliphatic carbocycles. The number of benzene rings is 1. The van der Waals surface area contributed by atoms with E-state index in [9.17, 15) is 4.79 Å². The van der Waals surface area contributed by atoms with Crippen molar-refractivity contribution < 1.29 is 9.21 Å². The Kier molecular flexibility index (Phi) is 4.79. The van der Waals surface area contributed by atoms with Crippen molar-refractivity contribution in [3.63, 3.8) is 0 Å². The maximum Gasteiger partial charge on any atom is 0.226 e. The first kappa shape index (κ1) is 15.8. The van der Waals surface area contributed by atoms with E-state index >= 15 is 0 Å². The van der Waals surface area contributed by atoms with Crippen LogP contribution in [0.2, 0.25) is 0 Å². The molecule has 122 valence electrons. The molecule has 0 bridgehead atoms. The number of nitrogens with one attached hydrogen (secondary N) is 1. The molecule has 23 heavy (non-hydrogen) atoms. The Balaban J connectivity index is 1.49. The molecule has 1 atom stereocenters. The zero-order chi connectivity index (χ0) is 16.2. The van der Waals surface area contributed by atoms with Crippen molar-refractivity contribution in [1.82, 2.24) is 10.3 Å². The van der Waals surface area contributed by atoms with Crippen LogP contribution in [-0.4, -0.2) is 17.4 Å². The van der Waals surface area contributed by atoms with Gasteiger partial charge in [-0.2, -0.15) is 0 Å². The number of carbonyl (C=O) groups excluding carboxylic acids is 1. The van der Waals surface area contributed by atoms with Crippen LogP contribution in [0.15, 0.2) is 34.9 Å². The van der Waals surface area contributed by atoms with Crippen molar-refractivity contribution in [3.8, 4) is 11.5 Å². The number of aromatic nitrogens is 1. The molecule has 4 heteroatoms. The highest BCUT2D eigenvalue weighted by molar-refractivity contribution is 5.78. The van der Waals surface area contributed by atoms with Gasteiger partial charge in [0.25, 0.3) is 0 Å². The number of oxazole rings is 1. The molecule has 1 saturated carbocycles. The predicted octanol–water partition coefficient (Wildman–Crippen LogP) is 3.74. The molecule has 1 heterocycles. The van der Waals surface area contributed by atoms with Gasteiger partial charge in [0.1, 0.15) is 6.26 Å². The number of hydrogen-bond donors (Lipinski definition) is 1. The quantitative estimate of drug-likeness (QED) is 0.884. The number of hydrogen-bond acceptors (Lipinski definition) is 3. The molecule has 0 radical (unpaired) electrons. The first-order chi connectivity index (χ1) is 11.1. The molecule has 1 aromatic heterocycles. The van der Waals surface area contributed by atoms with Crippen molar-refractivity contribution in [1.29, 1.82) is 0 Å². The van der Waals surface area contributed by atoms with E-state index in [1.54, 1.807) is 6.26 Å². The first-order valence-electron chi connectivity index (χ1n) is 8.42. The summed E-state index contributed by atoms with van der Waals surface area (Å²) in [5, 5.41) is 3.02. The topological polar surface area (TPSA) is 55.1 Å². The van der Waals surface area contributed by atoms with Gasteiger partial charge in [0.05, 0.1) is 5.69 Å². The van der Waals surface area contributed by atoms with E-state index in [0.29, 0.717) is 24.8 Å². The van der Waals surface area contributed by atoms with Gasteiger partial charge in [-0.15, -0.1) is 0 Å². The highest BCUT2D eigenvalue weighted by atomic mass is 16.3. The van der Waals surface area contributed by atoms with Crippen molar-refractivity contribution in [2.45, 2.75) is 39.5 Å². The Morgan fingerprint density at radius 1 is 1.35 bits per heavy atom. The summed E-state index contributed by atoms with van der Waals surface area (Å²) in [5.74, 6) is 1.51. The maximum atomic E-state index is 12.1. The Bertz CT molecular complexity index is 656. The van der Waals surface area contributed by atoms with Crippen LogP contribution in [-0.2, 0) is 11.2 Å². The number of amides is 1. The zero-order valence-corrected chi connectivity index (χ0v) is 13.8. The fourth-order valence-corrected chi connectivity index (χ4v) is 2.88. The molecule has 0 aliphatic heterocycles. The summed E-state index contributed by atoms with van der Waals surface area (Å²) in [6, 6.07) is 8.10. The minimum atomic E-state index is 0.129. The van der Waals surface area contributed by atoms with Crippen LogP contribution in [0.3, 0.4) is 0 Å². The van der Waals surface area contributed by atoms with E-state index in [4.69, 9.17) is 4.42 Å². The van der Waals surface area contributed by atoms with Crippen molar-refractivity contribution in [3.05, 3.63) is 41.8 Å². The lowest BCUT2D eigenvalue weighted by Crippen LogP contribution is -2.36. The van der Waals surface area contributed by atoms with Crippen molar-refractivity contribution in [2.75, 3.05) is 6.54 Å². The van der Waals surface area contributed by atoms with Gasteiger partial charge in [-0.3, -0.25) is 4.79 Å². The minimum absolute atomic E-state index is 0.129. The Hall–Kier alpha value is -2.10. The first-order valence-corrected chi connectivity index (χ1v) is 8.42. The monoisotopic (exact) mass is 312 g/mol. The van der Waals surface area contributed by atoms with E-state index in [0.717, 1.165) is 11.3 Å². The van der Waals surface area contributed by atoms with Gasteiger partial charge < -0.3 is 9.73 Å². The van der Waals surface area contributed by atoms with Gasteiger partial charge in [-0.05, 0) is 37.8 Å². The minimum Gasteiger partial charge on any atom is -0.444 e. The lowest BCUT2D eigenvalue weighted by molar-refractivity contribution is -0.127. The molecule has 4 nitrogen and oxygen atoms in total. The van der Waals surface area contributed by atoms with E-state index in [2.05, 4.69) is 17.2 Å². The molecule has 1 fully saturated rings. The third-order valence-electron chi connectivity index (χ3n) is 4.80. The molecule has 3 rings (SSSR count). The standard InChI is InChI=1S/C19H24N2O2/c1-13-6-8-16(9-7-13)19-21-17(12-23-19)10-11-20-18(22)14(2)15-4-3-5-15/h6-9,12,14-15H,3-5,10-11H2,1-2H3,(H,20,22). The summed E-state index contributed by atoms with van der Waals surface area (Å²) in [6.07, 6.45) is 6.02. The fraction of sp³-hybridized carbons (Fsp3) is 0.474. The molecular formula is C19H24N2O2. The normalized spacial score (nSPS) is 15.9. The Morgan fingerprint density at radius 2 is 2.09 bits per heavy atom. The molecular weight excluding hydrogens is 288 g/mol. The molecule has 0 saturated heterocycles. The largest absolute Gasteiger partial charge is 0.444 e. The maximum absolute atomic E-state index is 12.1. The summed E-state index contributed by atoms with van der Waals surface area (Å²) in [5.41, 5.74) is 3.06. The average Bonchev–Trinajstić information content (AvgIpc) is 2.95. The van der Waals surface area contributed by atoms with Crippen LogP contribution in [0.5, 0.6) is 0 Å². The molecule has 1 N–H and O–H groups in total. The second kappa shape index (κ2) is 6.99. The Labute approximate surface area is 137 Å². The molecule has 0 spiro atoms. The van der Waals surface area contributed by atoms with Gasteiger partial charge in [0, 0.05) is 24.4 Å². The number of carbonyl (C=O) groups is 1. The highest BCUT2D eigenvalue weighted by Crippen LogP contribution is 2.33. The van der Waals surface area contributed by atoms with E-state index in [-0.39, 0.29) is 11.8 Å². The zero-order valence-electron chi connectivity index (χ0n) is 13.8. The summed E-state index contributed by atoms with van der Waals surface area (Å²) >= 11 is 0. The fourth-order valence-electron chi connectivity index (χ4n) is 2.88. The van der Waals surface area contributed by atoms with Gasteiger partial charge >= 0.3 is 0 Å². The van der Waals surface area contributed by atoms with Crippen LogP contribution in [0.25, 0.3) is 11.5 Å². The summed E-state index contributed by atoms with van der Waals surface area (Å²) in [4.78, 5) is 16.6. The Morgan fingerprint density at radius 3 is 2.74 bits per heavy atom. The van der Waals surface area contributed by atoms with E-state index in [1.807, 2.05) is 31.2 Å². The van der Waals surface area contributed by atoms with Crippen LogP contribution in [0.1, 0.15) is 37.4 Å². The molecule has 1 unspecified atom stereocenters. The number of nitrogens with zero attached hydrogens (tertiary/aromatic N) is 1. The number of aryl methyl sites for hydroxylation is 1. The predicted molar refractivity (Wildman–Crippen MR) is 89.9 cm³/mol. The third kappa shape index (κ3) is 3.81. The highest BCUT2D eigenvalue weighted by Gasteiger charge is 2.28. The molecule has 1 amide bonds. The molecule has 1 aliphatic rings. The third-order valence-corrected chi connectivity index (χ3v) is 4.80. The summed E-state index contributed by atoms with van der Waals surface area (Å²) in [6.45, 7) is 4.69. The smallest absolute Gasteiger partial charge is 0.226 e. The van der Waals surface area contributed by atoms with Crippen LogP contribution >= 0.6 is 0 Å². The SMILES string of the molecule is Cc1ccc(-c2nc(CCNC(=O)C(C)C3CCC3)co2)cc1. The second-order valence-corrected chi connectivity index (χ2v) is 6.53. The van der Waals surface area contributed by atoms with E-state index < -0.39 is 0 Å². The van der Waals surface area contributed by atoms with Crippen molar-refractivity contribution in [2.24, 2.45) is 11.8 Å². The van der Waals surface area contributed by atoms with Crippen LogP contribution < -0.4 is 5.32 Å². The van der Waals surface area contributed by atoms with Gasteiger partial charge in [-0.1, -0.05) is 31.0 Å². The number of rotatable bonds is 6. The average molecular weight is 312 g/mol. The molecule has 1 aromatic carbocycles. The summed E-state index contributed by atoms with van der Waals surface area (Å²) < 4.78 is 5.54. The van der Waals surface area contributed by atoms with Gasteiger partial charge in [0.2, 0.25) is 11.8 Å². The lowest BCUT2D eigenvalue weighted by Gasteiger charge is -2.30. The second-order valence-electron chi connectivity index (χ2n) is 6.53. The van der Waals surface area contributed by atoms with E-state index in [1.165, 1.54) is 24.8 Å². The van der Waals surface area contributed by atoms with Crippen molar-refractivity contribution >= 4 is 5.91 Å².